The first-order valence-electron chi connectivity index (χ1n) is 8.87. The molecule has 6 heteroatoms. The van der Waals surface area contributed by atoms with Gasteiger partial charge in [-0.15, -0.1) is 6.58 Å². The molecule has 2 aromatic rings. The van der Waals surface area contributed by atoms with E-state index in [1.807, 2.05) is 38.1 Å². The molecule has 28 heavy (non-hydrogen) atoms. The number of hydrogen-bond acceptors (Lipinski definition) is 5. The molecule has 2 aromatic carbocycles. The first-order chi connectivity index (χ1) is 13.4. The summed E-state index contributed by atoms with van der Waals surface area (Å²) in [6, 6.07) is 11.0. The molecule has 0 aliphatic heterocycles. The summed E-state index contributed by atoms with van der Waals surface area (Å²) in [7, 11) is 1.52. The average Bonchev–Trinajstić information content (AvgIpc) is 2.69. The molecule has 0 aliphatic rings. The van der Waals surface area contributed by atoms with E-state index in [-0.39, 0.29) is 13.2 Å². The Kier molecular flexibility index (Phi) is 7.63. The Morgan fingerprint density at radius 2 is 1.89 bits per heavy atom. The van der Waals surface area contributed by atoms with Gasteiger partial charge in [0, 0.05) is 5.69 Å². The van der Waals surface area contributed by atoms with Crippen LogP contribution in [0.25, 0.3) is 0 Å². The molecule has 6 nitrogen and oxygen atoms in total. The van der Waals surface area contributed by atoms with Gasteiger partial charge in [0.1, 0.15) is 0 Å². The van der Waals surface area contributed by atoms with Crippen molar-refractivity contribution in [1.82, 2.24) is 0 Å². The number of carbonyl (C=O) groups is 2. The zero-order chi connectivity index (χ0) is 20.5. The third kappa shape index (κ3) is 5.87. The van der Waals surface area contributed by atoms with Crippen LogP contribution in [-0.2, 0) is 20.7 Å². The lowest BCUT2D eigenvalue weighted by molar-refractivity contribution is -0.149. The van der Waals surface area contributed by atoms with Gasteiger partial charge in [-0.05, 0) is 55.2 Å². The number of carbonyl (C=O) groups excluding carboxylic acids is 2. The number of rotatable bonds is 9. The maximum Gasteiger partial charge on any atom is 0.344 e. The van der Waals surface area contributed by atoms with Gasteiger partial charge in [0.05, 0.1) is 7.11 Å². The molecule has 0 heterocycles. The topological polar surface area (TPSA) is 73.9 Å². The van der Waals surface area contributed by atoms with Crippen molar-refractivity contribution in [3.63, 3.8) is 0 Å². The van der Waals surface area contributed by atoms with Gasteiger partial charge in [0.15, 0.2) is 24.7 Å². The van der Waals surface area contributed by atoms with Crippen LogP contribution in [-0.4, -0.2) is 32.2 Å². The minimum atomic E-state index is -0.645. The van der Waals surface area contributed by atoms with Crippen LogP contribution in [0.15, 0.2) is 49.1 Å². The van der Waals surface area contributed by atoms with Crippen molar-refractivity contribution in [3.05, 3.63) is 65.7 Å². The van der Waals surface area contributed by atoms with Gasteiger partial charge in [0.25, 0.3) is 5.91 Å². The first kappa shape index (κ1) is 21.0. The van der Waals surface area contributed by atoms with Crippen LogP contribution in [0.5, 0.6) is 11.5 Å². The van der Waals surface area contributed by atoms with E-state index in [4.69, 9.17) is 14.2 Å². The molecule has 0 spiro atoms. The number of ether oxygens (including phenoxy) is 3. The van der Waals surface area contributed by atoms with Crippen molar-refractivity contribution in [2.45, 2.75) is 20.3 Å². The monoisotopic (exact) mass is 383 g/mol. The van der Waals surface area contributed by atoms with E-state index in [1.165, 1.54) is 7.11 Å². The second-order valence-corrected chi connectivity index (χ2v) is 6.22. The van der Waals surface area contributed by atoms with E-state index >= 15 is 0 Å². The van der Waals surface area contributed by atoms with Crippen molar-refractivity contribution < 1.29 is 23.8 Å². The van der Waals surface area contributed by atoms with Crippen LogP contribution in [0, 0.1) is 13.8 Å². The Morgan fingerprint density at radius 3 is 2.61 bits per heavy atom. The second kappa shape index (κ2) is 10.2. The number of amides is 1. The Morgan fingerprint density at radius 1 is 1.11 bits per heavy atom. The predicted molar refractivity (Wildman–Crippen MR) is 108 cm³/mol. The third-order valence-electron chi connectivity index (χ3n) is 4.20. The molecule has 0 bridgehead atoms. The summed E-state index contributed by atoms with van der Waals surface area (Å²) in [5.74, 6) is -0.117. The van der Waals surface area contributed by atoms with Gasteiger partial charge < -0.3 is 19.5 Å². The highest BCUT2D eigenvalue weighted by Gasteiger charge is 2.12. The summed E-state index contributed by atoms with van der Waals surface area (Å²) in [4.78, 5) is 23.9. The zero-order valence-corrected chi connectivity index (χ0v) is 16.4. The smallest absolute Gasteiger partial charge is 0.344 e. The summed E-state index contributed by atoms with van der Waals surface area (Å²) in [6.07, 6.45) is 2.49. The van der Waals surface area contributed by atoms with Gasteiger partial charge in [-0.3, -0.25) is 4.79 Å². The SMILES string of the molecule is C=CCc1ccc(OCC(=O)OCC(=O)Nc2cccc(C)c2C)c(OC)c1. The first-order valence-corrected chi connectivity index (χ1v) is 8.87. The molecule has 2 rings (SSSR count). The zero-order valence-electron chi connectivity index (χ0n) is 16.4. The molecule has 0 aromatic heterocycles. The van der Waals surface area contributed by atoms with Gasteiger partial charge in [-0.1, -0.05) is 24.3 Å². The quantitative estimate of drug-likeness (QED) is 0.529. The van der Waals surface area contributed by atoms with Gasteiger partial charge >= 0.3 is 5.97 Å². The van der Waals surface area contributed by atoms with Gasteiger partial charge in [-0.25, -0.2) is 4.79 Å². The molecule has 0 unspecified atom stereocenters. The summed E-state index contributed by atoms with van der Waals surface area (Å²) < 4.78 is 15.7. The predicted octanol–water partition coefficient (Wildman–Crippen LogP) is 3.60. The molecule has 1 amide bonds. The molecule has 0 atom stereocenters. The Bertz CT molecular complexity index is 860. The van der Waals surface area contributed by atoms with Crippen molar-refractivity contribution in [2.24, 2.45) is 0 Å². The molecular formula is C22H25NO5. The normalized spacial score (nSPS) is 10.1. The van der Waals surface area contributed by atoms with Crippen LogP contribution in [0.4, 0.5) is 5.69 Å². The van der Waals surface area contributed by atoms with Crippen molar-refractivity contribution in [2.75, 3.05) is 25.6 Å². The average molecular weight is 383 g/mol. The number of allylic oxidation sites excluding steroid dienone is 1. The number of anilines is 1. The fraction of sp³-hybridized carbons (Fsp3) is 0.273. The maximum absolute atomic E-state index is 12.0. The number of nitrogens with one attached hydrogen (secondary N) is 1. The number of methoxy groups -OCH3 is 1. The number of benzene rings is 2. The minimum Gasteiger partial charge on any atom is -0.493 e. The molecule has 0 saturated heterocycles. The molecule has 0 radical (unpaired) electrons. The minimum absolute atomic E-state index is 0.325. The molecule has 0 fully saturated rings. The summed E-state index contributed by atoms with van der Waals surface area (Å²) >= 11 is 0. The van der Waals surface area contributed by atoms with E-state index in [9.17, 15) is 9.59 Å². The van der Waals surface area contributed by atoms with E-state index in [0.29, 0.717) is 23.6 Å². The van der Waals surface area contributed by atoms with Gasteiger partial charge in [0.2, 0.25) is 0 Å². The molecule has 1 N–H and O–H groups in total. The van der Waals surface area contributed by atoms with E-state index in [1.54, 1.807) is 18.2 Å². The highest BCUT2D eigenvalue weighted by Crippen LogP contribution is 2.28. The Balaban J connectivity index is 1.83. The maximum atomic E-state index is 12.0. The highest BCUT2D eigenvalue weighted by atomic mass is 16.6. The number of aryl methyl sites for hydroxylation is 1. The van der Waals surface area contributed by atoms with Crippen LogP contribution < -0.4 is 14.8 Å². The summed E-state index contributed by atoms with van der Waals surface area (Å²) in [5, 5.41) is 2.73. The summed E-state index contributed by atoms with van der Waals surface area (Å²) in [6.45, 7) is 6.86. The van der Waals surface area contributed by atoms with E-state index < -0.39 is 11.9 Å². The Labute approximate surface area is 165 Å². The fourth-order valence-electron chi connectivity index (χ4n) is 2.52. The second-order valence-electron chi connectivity index (χ2n) is 6.22. The standard InChI is InChI=1S/C22H25NO5/c1-5-7-17-10-11-19(20(12-17)26-4)27-14-22(25)28-13-21(24)23-18-9-6-8-15(2)16(18)3/h5-6,8-12H,1,7,13-14H2,2-4H3,(H,23,24). The molecular weight excluding hydrogens is 358 g/mol. The fourth-order valence-corrected chi connectivity index (χ4v) is 2.52. The lowest BCUT2D eigenvalue weighted by atomic mass is 10.1. The van der Waals surface area contributed by atoms with E-state index in [0.717, 1.165) is 16.7 Å². The molecule has 0 saturated carbocycles. The Hall–Kier alpha value is -3.28. The molecule has 148 valence electrons. The highest BCUT2D eigenvalue weighted by molar-refractivity contribution is 5.93. The lowest BCUT2D eigenvalue weighted by Crippen LogP contribution is -2.24. The summed E-state index contributed by atoms with van der Waals surface area (Å²) in [5.41, 5.74) is 3.75. The van der Waals surface area contributed by atoms with Crippen molar-refractivity contribution in [1.29, 1.82) is 0 Å². The van der Waals surface area contributed by atoms with Gasteiger partial charge in [-0.2, -0.15) is 0 Å². The number of esters is 1. The van der Waals surface area contributed by atoms with Crippen molar-refractivity contribution in [3.8, 4) is 11.5 Å². The van der Waals surface area contributed by atoms with Crippen molar-refractivity contribution >= 4 is 17.6 Å². The van der Waals surface area contributed by atoms with Crippen LogP contribution in [0.1, 0.15) is 16.7 Å². The van der Waals surface area contributed by atoms with E-state index in [2.05, 4.69) is 11.9 Å². The largest absolute Gasteiger partial charge is 0.493 e. The van der Waals surface area contributed by atoms with Crippen LogP contribution in [0.2, 0.25) is 0 Å². The molecule has 0 aliphatic carbocycles. The lowest BCUT2D eigenvalue weighted by Gasteiger charge is -2.12. The van der Waals surface area contributed by atoms with Crippen LogP contribution >= 0.6 is 0 Å². The van der Waals surface area contributed by atoms with Crippen LogP contribution in [0.3, 0.4) is 0 Å². The number of hydrogen-bond donors (Lipinski definition) is 1. The third-order valence-corrected chi connectivity index (χ3v) is 4.20.